The van der Waals surface area contributed by atoms with Crippen molar-refractivity contribution in [1.29, 1.82) is 0 Å². The van der Waals surface area contributed by atoms with E-state index in [2.05, 4.69) is 34.8 Å². The summed E-state index contributed by atoms with van der Waals surface area (Å²) in [6.45, 7) is 7.95. The lowest BCUT2D eigenvalue weighted by Crippen LogP contribution is -2.43. The average Bonchev–Trinajstić information content (AvgIpc) is 2.83. The van der Waals surface area contributed by atoms with Crippen LogP contribution in [0.4, 0.5) is 4.79 Å². The van der Waals surface area contributed by atoms with Crippen LogP contribution in [-0.4, -0.2) is 55.0 Å². The number of aliphatic imine (C=N–C) groups is 1. The van der Waals surface area contributed by atoms with E-state index in [1.807, 2.05) is 6.92 Å². The van der Waals surface area contributed by atoms with Gasteiger partial charge in [0, 0.05) is 12.6 Å². The van der Waals surface area contributed by atoms with Crippen molar-refractivity contribution in [2.45, 2.75) is 58.9 Å². The van der Waals surface area contributed by atoms with Crippen LogP contribution in [0.2, 0.25) is 0 Å². The van der Waals surface area contributed by atoms with Gasteiger partial charge in [-0.3, -0.25) is 14.7 Å². The van der Waals surface area contributed by atoms with Crippen molar-refractivity contribution in [2.24, 2.45) is 4.99 Å². The molecule has 3 amide bonds. The number of unbranched alkanes of at least 4 members (excludes halogenated alkanes) is 3. The van der Waals surface area contributed by atoms with E-state index in [4.69, 9.17) is 0 Å². The Morgan fingerprint density at radius 1 is 1.29 bits per heavy atom. The fourth-order valence-corrected chi connectivity index (χ4v) is 2.45. The minimum atomic E-state index is -0.326. The molecule has 140 valence electrons. The Hall–Kier alpha value is -1.06. The molecule has 1 aliphatic rings. The molecule has 1 heterocycles. The van der Waals surface area contributed by atoms with Gasteiger partial charge < -0.3 is 16.0 Å². The lowest BCUT2D eigenvalue weighted by atomic mass is 10.1. The summed E-state index contributed by atoms with van der Waals surface area (Å²) < 4.78 is 0. The van der Waals surface area contributed by atoms with E-state index >= 15 is 0 Å². The molecule has 7 nitrogen and oxygen atoms in total. The summed E-state index contributed by atoms with van der Waals surface area (Å²) in [6, 6.07) is 0.0221. The average molecular weight is 453 g/mol. The number of amides is 3. The van der Waals surface area contributed by atoms with E-state index in [0.717, 1.165) is 18.9 Å². The molecule has 1 atom stereocenters. The lowest BCUT2D eigenvalue weighted by molar-refractivity contribution is -0.124. The van der Waals surface area contributed by atoms with Crippen LogP contribution in [-0.2, 0) is 4.79 Å². The molecule has 1 fully saturated rings. The third kappa shape index (κ3) is 8.70. The van der Waals surface area contributed by atoms with Crippen molar-refractivity contribution in [2.75, 3.05) is 26.2 Å². The third-order valence-electron chi connectivity index (χ3n) is 3.75. The molecular weight excluding hydrogens is 421 g/mol. The lowest BCUT2D eigenvalue weighted by Gasteiger charge is -2.18. The second-order valence-corrected chi connectivity index (χ2v) is 5.86. The Morgan fingerprint density at radius 3 is 2.62 bits per heavy atom. The van der Waals surface area contributed by atoms with Gasteiger partial charge in [-0.25, -0.2) is 4.79 Å². The van der Waals surface area contributed by atoms with Crippen LogP contribution >= 0.6 is 24.0 Å². The predicted octanol–water partition coefficient (Wildman–Crippen LogP) is 2.07. The van der Waals surface area contributed by atoms with Gasteiger partial charge in [0.05, 0.1) is 19.6 Å². The summed E-state index contributed by atoms with van der Waals surface area (Å²) >= 11 is 0. The van der Waals surface area contributed by atoms with Crippen molar-refractivity contribution in [1.82, 2.24) is 20.9 Å². The smallest absolute Gasteiger partial charge is 0.324 e. The van der Waals surface area contributed by atoms with Crippen molar-refractivity contribution < 1.29 is 9.59 Å². The molecule has 0 aromatic heterocycles. The van der Waals surface area contributed by atoms with Gasteiger partial charge in [0.15, 0.2) is 5.96 Å². The van der Waals surface area contributed by atoms with Crippen molar-refractivity contribution in [3.8, 4) is 0 Å². The van der Waals surface area contributed by atoms with Crippen LogP contribution in [0.25, 0.3) is 0 Å². The van der Waals surface area contributed by atoms with Gasteiger partial charge in [0.1, 0.15) is 0 Å². The van der Waals surface area contributed by atoms with E-state index in [1.54, 1.807) is 0 Å². The fraction of sp³-hybridized carbons (Fsp3) is 0.812. The summed E-state index contributed by atoms with van der Waals surface area (Å²) in [5.74, 6) is 0.551. The maximum atomic E-state index is 11.5. The van der Waals surface area contributed by atoms with Gasteiger partial charge in [-0.05, 0) is 20.3 Å². The maximum absolute atomic E-state index is 11.5. The number of carbonyl (C=O) groups excluding carboxylic acids is 2. The number of imide groups is 1. The highest BCUT2D eigenvalue weighted by atomic mass is 127. The first-order chi connectivity index (χ1) is 11.1. The predicted molar refractivity (Wildman–Crippen MR) is 108 cm³/mol. The summed E-state index contributed by atoms with van der Waals surface area (Å²) in [6.07, 6.45) is 6.12. The monoisotopic (exact) mass is 453 g/mol. The van der Waals surface area contributed by atoms with Crippen LogP contribution in [0.15, 0.2) is 4.99 Å². The molecule has 24 heavy (non-hydrogen) atoms. The number of urea groups is 1. The standard InChI is InChI=1S/C16H31N5O2.HI/c1-4-6-7-8-9-13(3)20-15(17-5-2)18-10-11-21-14(22)12-19-16(21)23;/h13H,4-12H2,1-3H3,(H,19,23)(H2,17,18,20);1H. The van der Waals surface area contributed by atoms with Gasteiger partial charge in [-0.2, -0.15) is 0 Å². The Balaban J connectivity index is 0.00000529. The minimum Gasteiger partial charge on any atom is -0.357 e. The highest BCUT2D eigenvalue weighted by Gasteiger charge is 2.27. The highest BCUT2D eigenvalue weighted by Crippen LogP contribution is 2.05. The van der Waals surface area contributed by atoms with Gasteiger partial charge >= 0.3 is 6.03 Å². The molecule has 0 radical (unpaired) electrons. The largest absolute Gasteiger partial charge is 0.357 e. The second kappa shape index (κ2) is 13.3. The van der Waals surface area contributed by atoms with E-state index in [-0.39, 0.29) is 42.5 Å². The Labute approximate surface area is 162 Å². The SMILES string of the molecule is CCCCCCC(C)NC(=NCCN1C(=O)CNC1=O)NCC.I. The number of halogens is 1. The van der Waals surface area contributed by atoms with E-state index in [9.17, 15) is 9.59 Å². The summed E-state index contributed by atoms with van der Waals surface area (Å²) in [4.78, 5) is 28.6. The summed E-state index contributed by atoms with van der Waals surface area (Å²) in [7, 11) is 0. The maximum Gasteiger partial charge on any atom is 0.324 e. The number of nitrogens with one attached hydrogen (secondary N) is 3. The zero-order chi connectivity index (χ0) is 17.1. The first kappa shape index (κ1) is 22.9. The highest BCUT2D eigenvalue weighted by molar-refractivity contribution is 14.0. The van der Waals surface area contributed by atoms with Crippen LogP contribution in [0, 0.1) is 0 Å². The second-order valence-electron chi connectivity index (χ2n) is 5.86. The third-order valence-corrected chi connectivity index (χ3v) is 3.75. The van der Waals surface area contributed by atoms with Crippen LogP contribution in [0.1, 0.15) is 52.9 Å². The first-order valence-electron chi connectivity index (χ1n) is 8.71. The normalized spacial score (nSPS) is 15.8. The summed E-state index contributed by atoms with van der Waals surface area (Å²) in [5.41, 5.74) is 0. The molecule has 0 aliphatic carbocycles. The van der Waals surface area contributed by atoms with Gasteiger partial charge in [-0.1, -0.05) is 32.6 Å². The molecule has 0 spiro atoms. The van der Waals surface area contributed by atoms with Crippen LogP contribution < -0.4 is 16.0 Å². The zero-order valence-corrected chi connectivity index (χ0v) is 17.4. The number of guanidine groups is 1. The Kier molecular flexibility index (Phi) is 12.7. The molecule has 0 aromatic carbocycles. The number of carbonyl (C=O) groups is 2. The van der Waals surface area contributed by atoms with Crippen molar-refractivity contribution in [3.63, 3.8) is 0 Å². The molecule has 1 unspecified atom stereocenters. The first-order valence-corrected chi connectivity index (χ1v) is 8.71. The summed E-state index contributed by atoms with van der Waals surface area (Å²) in [5, 5.41) is 9.08. The molecule has 0 saturated carbocycles. The number of nitrogens with zero attached hydrogens (tertiary/aromatic N) is 2. The molecule has 0 bridgehead atoms. The molecule has 8 heteroatoms. The molecule has 0 aromatic rings. The molecule has 1 aliphatic heterocycles. The quantitative estimate of drug-likeness (QED) is 0.156. The Morgan fingerprint density at radius 2 is 2.04 bits per heavy atom. The van der Waals surface area contributed by atoms with E-state index < -0.39 is 0 Å². The molecular formula is C16H32IN5O2. The van der Waals surface area contributed by atoms with Gasteiger partial charge in [0.25, 0.3) is 0 Å². The topological polar surface area (TPSA) is 85.8 Å². The van der Waals surface area contributed by atoms with Crippen LogP contribution in [0.5, 0.6) is 0 Å². The van der Waals surface area contributed by atoms with Gasteiger partial charge in [-0.15, -0.1) is 24.0 Å². The molecule has 1 saturated heterocycles. The Bertz CT molecular complexity index is 401. The fourth-order valence-electron chi connectivity index (χ4n) is 2.45. The van der Waals surface area contributed by atoms with Gasteiger partial charge in [0.2, 0.25) is 5.91 Å². The number of rotatable bonds is 10. The van der Waals surface area contributed by atoms with Crippen LogP contribution in [0.3, 0.4) is 0 Å². The number of hydrogen-bond donors (Lipinski definition) is 3. The molecule has 3 N–H and O–H groups in total. The minimum absolute atomic E-state index is 0. The molecule has 1 rings (SSSR count). The van der Waals surface area contributed by atoms with Crippen molar-refractivity contribution >= 4 is 41.9 Å². The number of hydrogen-bond acceptors (Lipinski definition) is 3. The van der Waals surface area contributed by atoms with E-state index in [0.29, 0.717) is 19.1 Å². The van der Waals surface area contributed by atoms with E-state index in [1.165, 1.54) is 30.6 Å². The zero-order valence-electron chi connectivity index (χ0n) is 15.1. The van der Waals surface area contributed by atoms with Crippen molar-refractivity contribution in [3.05, 3.63) is 0 Å².